The molecule has 6 N–H and O–H groups in total. The molecule has 0 spiro atoms. The third-order valence-corrected chi connectivity index (χ3v) is 10.5. The van der Waals surface area contributed by atoms with Crippen LogP contribution in [0.5, 0.6) is 0 Å². The molecule has 4 saturated carbocycles. The molecule has 0 amide bonds. The lowest BCUT2D eigenvalue weighted by Crippen LogP contribution is -2.62. The largest absolute Gasteiger partial charge is 0.393 e. The van der Waals surface area contributed by atoms with Crippen LogP contribution in [-0.2, 0) is 4.84 Å². The minimum atomic E-state index is -0.588. The van der Waals surface area contributed by atoms with E-state index in [0.717, 1.165) is 57.8 Å². The minimum absolute atomic E-state index is 0.0810. The van der Waals surface area contributed by atoms with E-state index in [-0.39, 0.29) is 22.9 Å². The molecule has 0 aromatic carbocycles. The summed E-state index contributed by atoms with van der Waals surface area (Å²) in [6.45, 7) is 7.88. The molecule has 35 heavy (non-hydrogen) atoms. The molecule has 4 aliphatic rings. The van der Waals surface area contributed by atoms with E-state index in [1.807, 2.05) is 19.1 Å². The first-order valence-electron chi connectivity index (χ1n) is 13.9. The Labute approximate surface area is 211 Å². The molecule has 0 radical (unpaired) electrons. The molecule has 0 aromatic rings. The summed E-state index contributed by atoms with van der Waals surface area (Å²) in [6, 6.07) is 0. The quantitative estimate of drug-likeness (QED) is 0.151. The van der Waals surface area contributed by atoms with Crippen molar-refractivity contribution in [2.24, 2.45) is 40.2 Å². The molecule has 4 rings (SSSR count). The van der Waals surface area contributed by atoms with Gasteiger partial charge in [-0.05, 0) is 93.3 Å². The van der Waals surface area contributed by atoms with E-state index in [1.54, 1.807) is 0 Å². The number of aliphatic hydroxyl groups is 2. The Kier molecular flexibility index (Phi) is 8.01. The van der Waals surface area contributed by atoms with Crippen LogP contribution in [0.25, 0.3) is 0 Å². The molecular formula is C28H48N4O3. The van der Waals surface area contributed by atoms with Crippen LogP contribution in [0.15, 0.2) is 24.3 Å². The fraction of sp³-hybridized carbons (Fsp3) is 0.821. The summed E-state index contributed by atoms with van der Waals surface area (Å²) in [5, 5.41) is 31.4. The number of aliphatic hydroxyl groups excluding tert-OH is 1. The van der Waals surface area contributed by atoms with Crippen LogP contribution in [0.4, 0.5) is 0 Å². The maximum atomic E-state index is 12.3. The summed E-state index contributed by atoms with van der Waals surface area (Å²) in [5.74, 6) is 1.80. The predicted octanol–water partition coefficient (Wildman–Crippen LogP) is 4.28. The smallest absolute Gasteiger partial charge is 0.202 e. The predicted molar refractivity (Wildman–Crippen MR) is 139 cm³/mol. The molecule has 0 bridgehead atoms. The number of nitrogens with zero attached hydrogens (tertiary/aromatic N) is 1. The van der Waals surface area contributed by atoms with E-state index in [9.17, 15) is 10.2 Å². The number of hydrazine groups is 1. The van der Waals surface area contributed by atoms with Gasteiger partial charge in [-0.25, -0.2) is 0 Å². The van der Waals surface area contributed by atoms with E-state index >= 15 is 0 Å². The van der Waals surface area contributed by atoms with Crippen molar-refractivity contribution in [3.05, 3.63) is 24.3 Å². The van der Waals surface area contributed by atoms with Crippen LogP contribution in [-0.4, -0.2) is 46.2 Å². The molecule has 0 heterocycles. The Hall–Kier alpha value is -1.41. The van der Waals surface area contributed by atoms with E-state index in [1.165, 1.54) is 11.6 Å². The molecule has 0 aliphatic heterocycles. The van der Waals surface area contributed by atoms with Crippen LogP contribution in [0.1, 0.15) is 85.0 Å². The first-order valence-corrected chi connectivity index (χ1v) is 13.9. The van der Waals surface area contributed by atoms with Crippen molar-refractivity contribution in [2.45, 2.75) is 96.7 Å². The second kappa shape index (κ2) is 10.5. The van der Waals surface area contributed by atoms with Gasteiger partial charge in [0, 0.05) is 5.41 Å². The number of allylic oxidation sites excluding steroid dienone is 3. The summed E-state index contributed by atoms with van der Waals surface area (Å²) in [5.41, 5.74) is 7.74. The van der Waals surface area contributed by atoms with Crippen molar-refractivity contribution in [1.82, 2.24) is 10.6 Å². The van der Waals surface area contributed by atoms with Crippen LogP contribution in [0.3, 0.4) is 0 Å². The van der Waals surface area contributed by atoms with Crippen LogP contribution >= 0.6 is 0 Å². The van der Waals surface area contributed by atoms with Gasteiger partial charge in [-0.2, -0.15) is 0 Å². The maximum Gasteiger partial charge on any atom is 0.202 e. The van der Waals surface area contributed by atoms with Gasteiger partial charge < -0.3 is 15.9 Å². The number of nitrogens with two attached hydrogens (primary N) is 1. The van der Waals surface area contributed by atoms with Gasteiger partial charge in [0.2, 0.25) is 5.96 Å². The van der Waals surface area contributed by atoms with Gasteiger partial charge in [0.15, 0.2) is 0 Å². The molecule has 4 fully saturated rings. The van der Waals surface area contributed by atoms with Crippen molar-refractivity contribution in [3.8, 4) is 0 Å². The van der Waals surface area contributed by atoms with Gasteiger partial charge in [0.1, 0.15) is 0 Å². The number of guanidine groups is 1. The second-order valence-electron chi connectivity index (χ2n) is 12.2. The van der Waals surface area contributed by atoms with E-state index in [0.29, 0.717) is 36.8 Å². The number of hydroxylamine groups is 1. The standard InChI is InChI=1S/C28H48N4O3/c1-4-18-35-32(31-25(29)30)17-7-5-6-8-20-11-16-28(34)24-10-9-21-19-22(33)12-14-26(21,2)23(24)13-15-27(20,28)3/h5-8,20-24,33-34H,4,9-19H2,1-3H3,(H4,29,30,31)/b7-5+,8-6+/t20-,21+,22-,23-,24+,26-,27+,28-/m0/s1. The molecule has 0 aromatic heterocycles. The Morgan fingerprint density at radius 3 is 2.66 bits per heavy atom. The number of rotatable bonds is 8. The first-order chi connectivity index (χ1) is 16.6. The van der Waals surface area contributed by atoms with Crippen molar-refractivity contribution in [2.75, 3.05) is 13.2 Å². The zero-order valence-corrected chi connectivity index (χ0v) is 22.0. The Bertz CT molecular complexity index is 818. The lowest BCUT2D eigenvalue weighted by molar-refractivity contribution is -0.207. The average molecular weight is 489 g/mol. The zero-order valence-electron chi connectivity index (χ0n) is 22.0. The third kappa shape index (κ3) is 4.94. The maximum absolute atomic E-state index is 12.3. The van der Waals surface area contributed by atoms with Crippen LogP contribution in [0, 0.1) is 39.9 Å². The molecule has 4 aliphatic carbocycles. The normalized spacial score (nSPS) is 43.3. The summed E-state index contributed by atoms with van der Waals surface area (Å²) < 4.78 is 0. The fourth-order valence-electron chi connectivity index (χ4n) is 8.45. The van der Waals surface area contributed by atoms with Gasteiger partial charge in [-0.1, -0.05) is 50.2 Å². The molecule has 7 heteroatoms. The van der Waals surface area contributed by atoms with Gasteiger partial charge >= 0.3 is 0 Å². The third-order valence-electron chi connectivity index (χ3n) is 10.5. The highest BCUT2D eigenvalue weighted by Gasteiger charge is 2.66. The van der Waals surface area contributed by atoms with E-state index in [4.69, 9.17) is 16.0 Å². The zero-order chi connectivity index (χ0) is 25.3. The van der Waals surface area contributed by atoms with Gasteiger partial charge in [-0.15, -0.1) is 0 Å². The summed E-state index contributed by atoms with van der Waals surface area (Å²) in [4.78, 5) is 5.56. The second-order valence-corrected chi connectivity index (χ2v) is 12.2. The highest BCUT2D eigenvalue weighted by Crippen LogP contribution is 2.69. The molecule has 0 saturated heterocycles. The van der Waals surface area contributed by atoms with Gasteiger partial charge in [-0.3, -0.25) is 15.7 Å². The van der Waals surface area contributed by atoms with Gasteiger partial charge in [0.25, 0.3) is 0 Å². The van der Waals surface area contributed by atoms with E-state index < -0.39 is 5.60 Å². The van der Waals surface area contributed by atoms with Crippen molar-refractivity contribution in [1.29, 1.82) is 5.41 Å². The number of hydrogen-bond donors (Lipinski definition) is 5. The molecule has 198 valence electrons. The lowest BCUT2D eigenvalue weighted by Gasteiger charge is -2.63. The average Bonchev–Trinajstić information content (AvgIpc) is 3.08. The number of nitrogens with one attached hydrogen (secondary N) is 2. The Morgan fingerprint density at radius 2 is 1.91 bits per heavy atom. The molecular weight excluding hydrogens is 440 g/mol. The van der Waals surface area contributed by atoms with Crippen molar-refractivity contribution < 1.29 is 15.1 Å². The summed E-state index contributed by atoms with van der Waals surface area (Å²) in [6.07, 6.45) is 18.6. The molecule has 8 atom stereocenters. The van der Waals surface area contributed by atoms with Crippen molar-refractivity contribution >= 4 is 5.96 Å². The Morgan fingerprint density at radius 1 is 1.11 bits per heavy atom. The van der Waals surface area contributed by atoms with Crippen molar-refractivity contribution in [3.63, 3.8) is 0 Å². The highest BCUT2D eigenvalue weighted by molar-refractivity contribution is 5.73. The van der Waals surface area contributed by atoms with Crippen LogP contribution in [0.2, 0.25) is 0 Å². The summed E-state index contributed by atoms with van der Waals surface area (Å²) in [7, 11) is 0. The SMILES string of the molecule is CCCON(C/C=C/C=C/[C@H]1CC[C@]2(O)[C@@H]3CC[C@@H]4C[C@@H](O)CC[C@]4(C)[C@H]3CC[C@]12C)NC(=N)N. The summed E-state index contributed by atoms with van der Waals surface area (Å²) >= 11 is 0. The van der Waals surface area contributed by atoms with Gasteiger partial charge in [0.05, 0.1) is 24.9 Å². The number of hydrogen-bond acceptors (Lipinski definition) is 5. The Balaban J connectivity index is 1.41. The highest BCUT2D eigenvalue weighted by atomic mass is 16.7. The fourth-order valence-corrected chi connectivity index (χ4v) is 8.45. The first kappa shape index (κ1) is 26.6. The number of fused-ring (bicyclic) bond motifs is 5. The lowest BCUT2D eigenvalue weighted by atomic mass is 9.43. The topological polar surface area (TPSA) is 115 Å². The minimum Gasteiger partial charge on any atom is -0.393 e. The molecule has 0 unspecified atom stereocenters. The molecule has 7 nitrogen and oxygen atoms in total. The van der Waals surface area contributed by atoms with Crippen LogP contribution < -0.4 is 11.2 Å². The monoisotopic (exact) mass is 488 g/mol. The van der Waals surface area contributed by atoms with E-state index in [2.05, 4.69) is 31.4 Å².